The molecule has 7 nitrogen and oxygen atoms in total. The van der Waals surface area contributed by atoms with Gasteiger partial charge in [0.2, 0.25) is 11.8 Å². The van der Waals surface area contributed by atoms with Gasteiger partial charge in [-0.2, -0.15) is 0 Å². The van der Waals surface area contributed by atoms with Gasteiger partial charge in [-0.05, 0) is 63.5 Å². The van der Waals surface area contributed by atoms with Gasteiger partial charge >= 0.3 is 0 Å². The van der Waals surface area contributed by atoms with Crippen molar-refractivity contribution in [1.82, 2.24) is 15.3 Å². The molecule has 2 heterocycles. The third kappa shape index (κ3) is 3.66. The Labute approximate surface area is 162 Å². The van der Waals surface area contributed by atoms with Crippen molar-refractivity contribution in [1.29, 1.82) is 0 Å². The maximum absolute atomic E-state index is 11.3. The van der Waals surface area contributed by atoms with Crippen LogP contribution in [0, 0.1) is 0 Å². The average Bonchev–Trinajstić information content (AvgIpc) is 3.22. The number of aliphatic hydroxyl groups excluding tert-OH is 1. The zero-order chi connectivity index (χ0) is 19.0. The number of carbonyl (C=O) groups is 1. The van der Waals surface area contributed by atoms with Crippen LogP contribution >= 0.6 is 11.3 Å². The molecule has 2 aliphatic carbocycles. The van der Waals surface area contributed by atoms with Gasteiger partial charge in [0, 0.05) is 10.9 Å². The number of aromatic nitrogens is 2. The van der Waals surface area contributed by atoms with E-state index in [-0.39, 0.29) is 12.0 Å². The Morgan fingerprint density at radius 3 is 2.85 bits per heavy atom. The van der Waals surface area contributed by atoms with Crippen molar-refractivity contribution >= 4 is 27.5 Å². The number of primary amides is 1. The minimum atomic E-state index is -1.12. The van der Waals surface area contributed by atoms with Crippen LogP contribution in [0.5, 0.6) is 5.88 Å². The zero-order valence-electron chi connectivity index (χ0n) is 15.5. The monoisotopic (exact) mass is 390 g/mol. The first-order chi connectivity index (χ1) is 13.1. The first-order valence-corrected chi connectivity index (χ1v) is 10.5. The van der Waals surface area contributed by atoms with E-state index in [2.05, 4.69) is 15.3 Å². The van der Waals surface area contributed by atoms with Gasteiger partial charge in [-0.25, -0.2) is 9.97 Å². The number of carbonyl (C=O) groups excluding carboxylic acids is 1. The smallest absolute Gasteiger partial charge is 0.246 e. The highest BCUT2D eigenvalue weighted by Crippen LogP contribution is 2.47. The standard InChI is InChI=1S/C19H26N4O3S/c1-21-11-3-5-12(6-4-11)26-18-16-15-10(8-13(24)17(20)25)2-7-14(15)27-19(16)23-9-22-18/h9-13,21,24H,2-8H2,1H3,(H2,20,25)/t10-,11?,12?,13?/m1/s1. The summed E-state index contributed by atoms with van der Waals surface area (Å²) in [4.78, 5) is 22.4. The van der Waals surface area contributed by atoms with Gasteiger partial charge in [0.25, 0.3) is 0 Å². The van der Waals surface area contributed by atoms with Gasteiger partial charge < -0.3 is 20.9 Å². The van der Waals surface area contributed by atoms with Crippen LogP contribution in [0.2, 0.25) is 0 Å². The topological polar surface area (TPSA) is 110 Å². The number of nitrogens with one attached hydrogen (secondary N) is 1. The molecular formula is C19H26N4O3S. The number of aliphatic hydroxyl groups is 1. The fraction of sp³-hybridized carbons (Fsp3) is 0.632. The van der Waals surface area contributed by atoms with Crippen LogP contribution in [0.3, 0.4) is 0 Å². The molecule has 2 aromatic rings. The van der Waals surface area contributed by atoms with Crippen molar-refractivity contribution in [2.24, 2.45) is 5.73 Å². The van der Waals surface area contributed by atoms with E-state index in [1.165, 1.54) is 4.88 Å². The molecule has 4 N–H and O–H groups in total. The molecule has 4 rings (SSSR count). The van der Waals surface area contributed by atoms with Gasteiger partial charge in [0.05, 0.1) is 5.39 Å². The molecule has 1 unspecified atom stereocenters. The summed E-state index contributed by atoms with van der Waals surface area (Å²) in [7, 11) is 2.01. The lowest BCUT2D eigenvalue weighted by atomic mass is 9.93. The van der Waals surface area contributed by atoms with Crippen molar-refractivity contribution in [3.05, 3.63) is 16.8 Å². The molecule has 0 bridgehead atoms. The van der Waals surface area contributed by atoms with E-state index in [0.717, 1.165) is 54.3 Å². The van der Waals surface area contributed by atoms with Gasteiger partial charge in [0.1, 0.15) is 23.4 Å². The number of aryl methyl sites for hydroxylation is 1. The van der Waals surface area contributed by atoms with Crippen LogP contribution in [0.4, 0.5) is 0 Å². The summed E-state index contributed by atoms with van der Waals surface area (Å²) in [6.07, 6.45) is 7.00. The Balaban J connectivity index is 1.60. The Hall–Kier alpha value is -1.77. The third-order valence-electron chi connectivity index (χ3n) is 5.89. The number of nitrogens with two attached hydrogens (primary N) is 1. The lowest BCUT2D eigenvalue weighted by Gasteiger charge is -2.28. The van der Waals surface area contributed by atoms with Crippen LogP contribution < -0.4 is 15.8 Å². The maximum Gasteiger partial charge on any atom is 0.246 e. The Morgan fingerprint density at radius 2 is 2.15 bits per heavy atom. The third-order valence-corrected chi connectivity index (χ3v) is 7.07. The zero-order valence-corrected chi connectivity index (χ0v) is 16.3. The molecule has 1 amide bonds. The highest BCUT2D eigenvalue weighted by atomic mass is 32.1. The molecule has 0 aromatic carbocycles. The van der Waals surface area contributed by atoms with Crippen molar-refractivity contribution in [3.63, 3.8) is 0 Å². The molecule has 8 heteroatoms. The second-order valence-electron chi connectivity index (χ2n) is 7.57. The minimum absolute atomic E-state index is 0.0876. The molecule has 0 saturated heterocycles. The molecule has 2 aliphatic rings. The van der Waals surface area contributed by atoms with Crippen molar-refractivity contribution in [2.45, 2.75) is 69.1 Å². The normalized spacial score (nSPS) is 26.1. The largest absolute Gasteiger partial charge is 0.474 e. The summed E-state index contributed by atoms with van der Waals surface area (Å²) < 4.78 is 6.32. The number of ether oxygens (including phenoxy) is 1. The van der Waals surface area contributed by atoms with Crippen LogP contribution in [-0.2, 0) is 11.2 Å². The lowest BCUT2D eigenvalue weighted by Crippen LogP contribution is -2.34. The second kappa shape index (κ2) is 7.69. The molecule has 27 heavy (non-hydrogen) atoms. The molecule has 0 radical (unpaired) electrons. The number of thiophene rings is 1. The van der Waals surface area contributed by atoms with E-state index in [1.807, 2.05) is 7.05 Å². The van der Waals surface area contributed by atoms with Crippen molar-refractivity contribution in [2.75, 3.05) is 7.05 Å². The highest BCUT2D eigenvalue weighted by Gasteiger charge is 2.33. The van der Waals surface area contributed by atoms with Gasteiger partial charge in [-0.15, -0.1) is 11.3 Å². The van der Waals surface area contributed by atoms with Crippen molar-refractivity contribution < 1.29 is 14.6 Å². The van der Waals surface area contributed by atoms with E-state index in [9.17, 15) is 9.90 Å². The van der Waals surface area contributed by atoms with Crippen LogP contribution in [0.25, 0.3) is 10.2 Å². The van der Waals surface area contributed by atoms with E-state index in [0.29, 0.717) is 18.3 Å². The minimum Gasteiger partial charge on any atom is -0.474 e. The van der Waals surface area contributed by atoms with E-state index in [1.54, 1.807) is 17.7 Å². The Kier molecular flexibility index (Phi) is 5.29. The number of amides is 1. The molecule has 2 aromatic heterocycles. The number of fused-ring (bicyclic) bond motifs is 3. The predicted molar refractivity (Wildman–Crippen MR) is 104 cm³/mol. The Bertz CT molecular complexity index is 832. The fourth-order valence-electron chi connectivity index (χ4n) is 4.38. The van der Waals surface area contributed by atoms with E-state index in [4.69, 9.17) is 10.5 Å². The predicted octanol–water partition coefficient (Wildman–Crippen LogP) is 1.87. The summed E-state index contributed by atoms with van der Waals surface area (Å²) in [5, 5.41) is 14.3. The summed E-state index contributed by atoms with van der Waals surface area (Å²) >= 11 is 1.67. The maximum atomic E-state index is 11.3. The lowest BCUT2D eigenvalue weighted by molar-refractivity contribution is -0.126. The van der Waals surface area contributed by atoms with Gasteiger partial charge in [-0.3, -0.25) is 4.79 Å². The van der Waals surface area contributed by atoms with Crippen LogP contribution in [0.1, 0.15) is 54.9 Å². The average molecular weight is 391 g/mol. The van der Waals surface area contributed by atoms with Crippen molar-refractivity contribution in [3.8, 4) is 5.88 Å². The summed E-state index contributed by atoms with van der Waals surface area (Å²) in [5.74, 6) is 0.0625. The van der Waals surface area contributed by atoms with Gasteiger partial charge in [-0.1, -0.05) is 0 Å². The first kappa shape index (κ1) is 18.6. The second-order valence-corrected chi connectivity index (χ2v) is 8.65. The summed E-state index contributed by atoms with van der Waals surface area (Å²) in [6.45, 7) is 0. The SMILES string of the molecule is CNC1CCC(Oc2ncnc3sc4c(c23)[C@@H](CC(O)C(N)=O)CC4)CC1. The van der Waals surface area contributed by atoms with Crippen LogP contribution in [-0.4, -0.2) is 46.3 Å². The van der Waals surface area contributed by atoms with E-state index >= 15 is 0 Å². The number of hydrogen-bond acceptors (Lipinski definition) is 7. The molecule has 146 valence electrons. The molecule has 2 atom stereocenters. The Morgan fingerprint density at radius 1 is 1.37 bits per heavy atom. The molecule has 1 fully saturated rings. The molecule has 1 saturated carbocycles. The fourth-order valence-corrected chi connectivity index (χ4v) is 5.61. The number of rotatable bonds is 6. The number of nitrogens with zero attached hydrogens (tertiary/aromatic N) is 2. The van der Waals surface area contributed by atoms with Crippen LogP contribution in [0.15, 0.2) is 6.33 Å². The number of hydrogen-bond donors (Lipinski definition) is 3. The first-order valence-electron chi connectivity index (χ1n) is 9.64. The highest BCUT2D eigenvalue weighted by molar-refractivity contribution is 7.19. The summed E-state index contributed by atoms with van der Waals surface area (Å²) in [6, 6.07) is 0.570. The summed E-state index contributed by atoms with van der Waals surface area (Å²) in [5.41, 5.74) is 6.41. The van der Waals surface area contributed by atoms with Gasteiger partial charge in [0.15, 0.2) is 0 Å². The molecule has 0 spiro atoms. The molecule has 0 aliphatic heterocycles. The molecular weight excluding hydrogens is 364 g/mol. The quantitative estimate of drug-likeness (QED) is 0.694. The van der Waals surface area contributed by atoms with E-state index < -0.39 is 12.0 Å².